The fourth-order valence-electron chi connectivity index (χ4n) is 1.79. The average molecular weight is 243 g/mol. The molecule has 4 nitrogen and oxygen atoms in total. The topological polar surface area (TPSA) is 61.0 Å². The molecular weight excluding hydrogens is 226 g/mol. The number of nitrogens with zero attached hydrogens (tertiary/aromatic N) is 2. The summed E-state index contributed by atoms with van der Waals surface area (Å²) in [6.45, 7) is 2.11. The van der Waals surface area contributed by atoms with Gasteiger partial charge in [-0.3, -0.25) is 0 Å². The number of aryl methyl sites for hydroxylation is 1. The van der Waals surface area contributed by atoms with Crippen LogP contribution in [-0.2, 0) is 6.42 Å². The first kappa shape index (κ1) is 12.4. The molecule has 0 aliphatic carbocycles. The first-order valence-electron chi connectivity index (χ1n) is 6.00. The van der Waals surface area contributed by atoms with Crippen LogP contribution in [-0.4, -0.2) is 17.1 Å². The van der Waals surface area contributed by atoms with Gasteiger partial charge in [-0.2, -0.15) is 0 Å². The third-order valence-corrected chi connectivity index (χ3v) is 2.63. The molecule has 2 aromatic rings. The van der Waals surface area contributed by atoms with E-state index in [1.807, 2.05) is 30.3 Å². The van der Waals surface area contributed by atoms with Crippen LogP contribution < -0.4 is 10.5 Å². The van der Waals surface area contributed by atoms with Crippen LogP contribution in [0.3, 0.4) is 0 Å². The van der Waals surface area contributed by atoms with E-state index in [4.69, 9.17) is 10.5 Å². The van der Waals surface area contributed by atoms with E-state index in [0.29, 0.717) is 11.6 Å². The zero-order valence-electron chi connectivity index (χ0n) is 10.7. The minimum atomic E-state index is 0.506. The van der Waals surface area contributed by atoms with Crippen molar-refractivity contribution in [3.63, 3.8) is 0 Å². The highest BCUT2D eigenvalue weighted by molar-refractivity contribution is 5.59. The largest absolute Gasteiger partial charge is 0.497 e. The molecule has 0 fully saturated rings. The minimum Gasteiger partial charge on any atom is -0.497 e. The zero-order chi connectivity index (χ0) is 13.0. The molecule has 0 saturated heterocycles. The van der Waals surface area contributed by atoms with E-state index in [2.05, 4.69) is 16.9 Å². The van der Waals surface area contributed by atoms with E-state index in [0.717, 1.165) is 29.8 Å². The van der Waals surface area contributed by atoms with Gasteiger partial charge >= 0.3 is 0 Å². The van der Waals surface area contributed by atoms with E-state index < -0.39 is 0 Å². The molecule has 4 heteroatoms. The molecule has 94 valence electrons. The highest BCUT2D eigenvalue weighted by atomic mass is 16.5. The Labute approximate surface area is 107 Å². The Morgan fingerprint density at radius 3 is 2.78 bits per heavy atom. The summed E-state index contributed by atoms with van der Waals surface area (Å²) in [6.07, 6.45) is 1.94. The molecule has 18 heavy (non-hydrogen) atoms. The number of benzene rings is 1. The third-order valence-electron chi connectivity index (χ3n) is 2.63. The van der Waals surface area contributed by atoms with Gasteiger partial charge in [0.25, 0.3) is 0 Å². The normalized spacial score (nSPS) is 10.3. The summed E-state index contributed by atoms with van der Waals surface area (Å²) in [5, 5.41) is 0. The summed E-state index contributed by atoms with van der Waals surface area (Å²) in [5.74, 6) is 1.94. The fourth-order valence-corrected chi connectivity index (χ4v) is 1.79. The lowest BCUT2D eigenvalue weighted by molar-refractivity contribution is 0.415. The summed E-state index contributed by atoms with van der Waals surface area (Å²) < 4.78 is 5.20. The van der Waals surface area contributed by atoms with Gasteiger partial charge < -0.3 is 10.5 Å². The monoisotopic (exact) mass is 243 g/mol. The number of nitrogen functional groups attached to an aromatic ring is 1. The number of hydrogen-bond donors (Lipinski definition) is 1. The molecule has 2 rings (SSSR count). The number of hydrogen-bond acceptors (Lipinski definition) is 4. The lowest BCUT2D eigenvalue weighted by Gasteiger charge is -2.06. The number of anilines is 1. The lowest BCUT2D eigenvalue weighted by Crippen LogP contribution is -2.00. The third kappa shape index (κ3) is 2.77. The van der Waals surface area contributed by atoms with Gasteiger partial charge in [0.15, 0.2) is 5.82 Å². The van der Waals surface area contributed by atoms with Gasteiger partial charge in [0, 0.05) is 17.3 Å². The molecule has 2 N–H and O–H groups in total. The predicted octanol–water partition coefficient (Wildman–Crippen LogP) is 2.69. The smallest absolute Gasteiger partial charge is 0.161 e. The minimum absolute atomic E-state index is 0.506. The van der Waals surface area contributed by atoms with Crippen molar-refractivity contribution in [2.45, 2.75) is 19.8 Å². The van der Waals surface area contributed by atoms with E-state index in [9.17, 15) is 0 Å². The lowest BCUT2D eigenvalue weighted by atomic mass is 10.2. The maximum atomic E-state index is 5.82. The van der Waals surface area contributed by atoms with Crippen LogP contribution in [0.4, 0.5) is 5.82 Å². The summed E-state index contributed by atoms with van der Waals surface area (Å²) in [5.41, 5.74) is 7.71. The van der Waals surface area contributed by atoms with Crippen LogP contribution >= 0.6 is 0 Å². The van der Waals surface area contributed by atoms with Gasteiger partial charge in [0.2, 0.25) is 0 Å². The standard InChI is InChI=1S/C14H17N3O/c1-3-5-11-9-13(15)17-14(16-11)10-6-4-7-12(8-10)18-2/h4,6-9H,3,5H2,1-2H3,(H2,15,16,17). The van der Waals surface area contributed by atoms with Crippen molar-refractivity contribution in [3.05, 3.63) is 36.0 Å². The van der Waals surface area contributed by atoms with Gasteiger partial charge in [-0.25, -0.2) is 9.97 Å². The molecule has 0 amide bonds. The highest BCUT2D eigenvalue weighted by Gasteiger charge is 2.06. The second-order valence-electron chi connectivity index (χ2n) is 4.09. The van der Waals surface area contributed by atoms with Crippen molar-refractivity contribution < 1.29 is 4.74 Å². The maximum absolute atomic E-state index is 5.82. The molecule has 1 heterocycles. The molecule has 1 aromatic carbocycles. The van der Waals surface area contributed by atoms with Crippen molar-refractivity contribution in [2.24, 2.45) is 0 Å². The first-order valence-corrected chi connectivity index (χ1v) is 6.00. The number of ether oxygens (including phenoxy) is 1. The van der Waals surface area contributed by atoms with Gasteiger partial charge in [-0.05, 0) is 18.6 Å². The number of rotatable bonds is 4. The number of nitrogens with two attached hydrogens (primary N) is 1. The summed E-state index contributed by atoms with van der Waals surface area (Å²) in [7, 11) is 1.64. The van der Waals surface area contributed by atoms with Crippen LogP contribution in [0.2, 0.25) is 0 Å². The number of aromatic nitrogens is 2. The van der Waals surface area contributed by atoms with Crippen molar-refractivity contribution in [3.8, 4) is 17.1 Å². The van der Waals surface area contributed by atoms with E-state index in [1.54, 1.807) is 7.11 Å². The molecule has 0 unspecified atom stereocenters. The Bertz CT molecular complexity index is 540. The molecule has 1 aromatic heterocycles. The molecule has 0 bridgehead atoms. The van der Waals surface area contributed by atoms with Gasteiger partial charge in [0.05, 0.1) is 7.11 Å². The van der Waals surface area contributed by atoms with Gasteiger partial charge in [0.1, 0.15) is 11.6 Å². The first-order chi connectivity index (χ1) is 8.72. The zero-order valence-corrected chi connectivity index (χ0v) is 10.7. The maximum Gasteiger partial charge on any atom is 0.161 e. The Morgan fingerprint density at radius 1 is 1.22 bits per heavy atom. The van der Waals surface area contributed by atoms with Crippen molar-refractivity contribution in [2.75, 3.05) is 12.8 Å². The van der Waals surface area contributed by atoms with E-state index in [-0.39, 0.29) is 0 Å². The molecule has 0 saturated carbocycles. The second kappa shape index (κ2) is 5.49. The highest BCUT2D eigenvalue weighted by Crippen LogP contribution is 2.22. The van der Waals surface area contributed by atoms with Crippen molar-refractivity contribution in [1.82, 2.24) is 9.97 Å². The quantitative estimate of drug-likeness (QED) is 0.896. The molecule has 0 radical (unpaired) electrons. The Balaban J connectivity index is 2.42. The van der Waals surface area contributed by atoms with Crippen LogP contribution in [0.5, 0.6) is 5.75 Å². The fraction of sp³-hybridized carbons (Fsp3) is 0.286. The average Bonchev–Trinajstić information content (AvgIpc) is 2.38. The summed E-state index contributed by atoms with van der Waals surface area (Å²) in [6, 6.07) is 9.49. The van der Waals surface area contributed by atoms with Crippen LogP contribution in [0.25, 0.3) is 11.4 Å². The van der Waals surface area contributed by atoms with Gasteiger partial charge in [-0.1, -0.05) is 25.5 Å². The number of methoxy groups -OCH3 is 1. The van der Waals surface area contributed by atoms with Gasteiger partial charge in [-0.15, -0.1) is 0 Å². The molecule has 0 aliphatic heterocycles. The van der Waals surface area contributed by atoms with Crippen LogP contribution in [0, 0.1) is 0 Å². The molecule has 0 spiro atoms. The predicted molar refractivity (Wildman–Crippen MR) is 72.4 cm³/mol. The van der Waals surface area contributed by atoms with Crippen molar-refractivity contribution in [1.29, 1.82) is 0 Å². The van der Waals surface area contributed by atoms with Crippen LogP contribution in [0.15, 0.2) is 30.3 Å². The molecule has 0 atom stereocenters. The Morgan fingerprint density at radius 2 is 2.06 bits per heavy atom. The molecular formula is C14H17N3O. The summed E-state index contributed by atoms with van der Waals surface area (Å²) >= 11 is 0. The second-order valence-corrected chi connectivity index (χ2v) is 4.09. The van der Waals surface area contributed by atoms with E-state index in [1.165, 1.54) is 0 Å². The van der Waals surface area contributed by atoms with Crippen molar-refractivity contribution >= 4 is 5.82 Å². The van der Waals surface area contributed by atoms with E-state index >= 15 is 0 Å². The Kier molecular flexibility index (Phi) is 3.77. The van der Waals surface area contributed by atoms with Crippen LogP contribution in [0.1, 0.15) is 19.0 Å². The SMILES string of the molecule is CCCc1cc(N)nc(-c2cccc(OC)c2)n1. The molecule has 0 aliphatic rings. The Hall–Kier alpha value is -2.10. The summed E-state index contributed by atoms with van der Waals surface area (Å²) in [4.78, 5) is 8.80.